The van der Waals surface area contributed by atoms with Crippen molar-refractivity contribution in [2.24, 2.45) is 0 Å². The van der Waals surface area contributed by atoms with Crippen molar-refractivity contribution in [3.63, 3.8) is 0 Å². The van der Waals surface area contributed by atoms with Crippen LogP contribution in [0.2, 0.25) is 5.02 Å². The Morgan fingerprint density at radius 3 is 2.26 bits per heavy atom. The summed E-state index contributed by atoms with van der Waals surface area (Å²) in [6.07, 6.45) is 3.99. The van der Waals surface area contributed by atoms with E-state index in [1.165, 1.54) is 4.90 Å². The molecule has 7 nitrogen and oxygen atoms in total. The van der Waals surface area contributed by atoms with E-state index in [0.29, 0.717) is 16.4 Å². The number of hydrogen-bond acceptors (Lipinski definition) is 4. The number of amides is 3. The van der Waals surface area contributed by atoms with E-state index in [9.17, 15) is 18.6 Å². The summed E-state index contributed by atoms with van der Waals surface area (Å²) in [7, 11) is -1.75. The molecule has 3 amide bonds. The van der Waals surface area contributed by atoms with Crippen molar-refractivity contribution in [3.8, 4) is 0 Å². The molecule has 0 radical (unpaired) electrons. The fraction of sp³-hybridized carbons (Fsp3) is 0.400. The lowest BCUT2D eigenvalue weighted by Gasteiger charge is -2.29. The molecule has 2 N–H and O–H groups in total. The van der Waals surface area contributed by atoms with Crippen LogP contribution in [0.15, 0.2) is 48.5 Å². The van der Waals surface area contributed by atoms with E-state index in [1.54, 1.807) is 43.3 Å². The summed E-state index contributed by atoms with van der Waals surface area (Å²) in [5, 5.41) is 6.20. The summed E-state index contributed by atoms with van der Waals surface area (Å²) >= 11 is 5.99. The average Bonchev–Trinajstić information content (AvgIpc) is 3.29. The van der Waals surface area contributed by atoms with E-state index in [-0.39, 0.29) is 23.5 Å². The standard InChI is InChI=1S/C25H30ClN3O4S/c1-17-7-11-21(12-8-17)27-23(30)15-34(33)16-24(31)29(22-13-9-19(26)10-14-22)18(2)25(32)28-20-5-3-4-6-20/h7-14,18,20H,3-6,15-16H2,1-2H3,(H,27,30)(H,28,32). The summed E-state index contributed by atoms with van der Waals surface area (Å²) in [5.74, 6) is -1.92. The van der Waals surface area contributed by atoms with Gasteiger partial charge in [-0.3, -0.25) is 23.5 Å². The molecule has 1 saturated carbocycles. The number of hydrogen-bond donors (Lipinski definition) is 2. The Morgan fingerprint density at radius 1 is 1.03 bits per heavy atom. The van der Waals surface area contributed by atoms with Crippen LogP contribution in [0.4, 0.5) is 11.4 Å². The van der Waals surface area contributed by atoms with Gasteiger partial charge in [0.05, 0.1) is 0 Å². The minimum atomic E-state index is -1.75. The van der Waals surface area contributed by atoms with Gasteiger partial charge in [-0.1, -0.05) is 42.1 Å². The molecule has 1 fully saturated rings. The molecule has 2 aromatic rings. The maximum absolute atomic E-state index is 13.2. The van der Waals surface area contributed by atoms with Crippen molar-refractivity contribution >= 4 is 51.5 Å². The largest absolute Gasteiger partial charge is 0.352 e. The predicted molar refractivity (Wildman–Crippen MR) is 136 cm³/mol. The summed E-state index contributed by atoms with van der Waals surface area (Å²) in [6.45, 7) is 3.58. The Bertz CT molecular complexity index is 1040. The SMILES string of the molecule is Cc1ccc(NC(=O)CS(=O)CC(=O)N(c2ccc(Cl)cc2)C(C)C(=O)NC2CCCC2)cc1. The minimum Gasteiger partial charge on any atom is -0.352 e. The Labute approximate surface area is 207 Å². The molecule has 0 bridgehead atoms. The van der Waals surface area contributed by atoms with Gasteiger partial charge >= 0.3 is 0 Å². The van der Waals surface area contributed by atoms with Crippen LogP contribution in [-0.4, -0.2) is 45.5 Å². The fourth-order valence-corrected chi connectivity index (χ4v) is 4.94. The van der Waals surface area contributed by atoms with Crippen LogP contribution in [-0.2, 0) is 25.2 Å². The number of aryl methyl sites for hydroxylation is 1. The van der Waals surface area contributed by atoms with Gasteiger partial charge in [0.2, 0.25) is 17.7 Å². The Hall–Kier alpha value is -2.71. The average molecular weight is 504 g/mol. The van der Waals surface area contributed by atoms with Gasteiger partial charge in [-0.15, -0.1) is 0 Å². The van der Waals surface area contributed by atoms with Gasteiger partial charge in [-0.25, -0.2) is 0 Å². The molecule has 3 rings (SSSR count). The lowest BCUT2D eigenvalue weighted by molar-refractivity contribution is -0.125. The number of nitrogens with zero attached hydrogens (tertiary/aromatic N) is 1. The van der Waals surface area contributed by atoms with Crippen LogP contribution < -0.4 is 15.5 Å². The highest BCUT2D eigenvalue weighted by atomic mass is 35.5. The number of carbonyl (C=O) groups excluding carboxylic acids is 3. The van der Waals surface area contributed by atoms with Gasteiger partial charge in [-0.2, -0.15) is 0 Å². The zero-order chi connectivity index (χ0) is 24.7. The van der Waals surface area contributed by atoms with E-state index >= 15 is 0 Å². The van der Waals surface area contributed by atoms with E-state index < -0.39 is 28.7 Å². The summed E-state index contributed by atoms with van der Waals surface area (Å²) in [6, 6.07) is 13.1. The van der Waals surface area contributed by atoms with Crippen molar-refractivity contribution in [1.82, 2.24) is 5.32 Å². The summed E-state index contributed by atoms with van der Waals surface area (Å²) < 4.78 is 12.7. The molecule has 2 unspecified atom stereocenters. The summed E-state index contributed by atoms with van der Waals surface area (Å²) in [5.41, 5.74) is 2.13. The predicted octanol–water partition coefficient (Wildman–Crippen LogP) is 3.82. The molecule has 9 heteroatoms. The van der Waals surface area contributed by atoms with Crippen molar-refractivity contribution < 1.29 is 18.6 Å². The fourth-order valence-electron chi connectivity index (χ4n) is 3.93. The molecule has 0 heterocycles. The molecule has 0 spiro atoms. The van der Waals surface area contributed by atoms with Crippen molar-refractivity contribution in [2.45, 2.75) is 51.6 Å². The van der Waals surface area contributed by atoms with Gasteiger partial charge in [0, 0.05) is 33.2 Å². The second-order valence-corrected chi connectivity index (χ2v) is 10.4. The third kappa shape index (κ3) is 7.40. The summed E-state index contributed by atoms with van der Waals surface area (Å²) in [4.78, 5) is 39.7. The topological polar surface area (TPSA) is 95.6 Å². The second-order valence-electron chi connectivity index (χ2n) is 8.55. The van der Waals surface area contributed by atoms with E-state index in [2.05, 4.69) is 10.6 Å². The number of anilines is 2. The van der Waals surface area contributed by atoms with Crippen LogP contribution in [0, 0.1) is 6.92 Å². The molecule has 182 valence electrons. The first kappa shape index (κ1) is 25.9. The number of nitrogens with one attached hydrogen (secondary N) is 2. The zero-order valence-electron chi connectivity index (χ0n) is 19.4. The Kier molecular flexibility index (Phi) is 9.24. The second kappa shape index (κ2) is 12.1. The Morgan fingerprint density at radius 2 is 1.65 bits per heavy atom. The van der Waals surface area contributed by atoms with Crippen LogP contribution >= 0.6 is 11.6 Å². The first-order valence-electron chi connectivity index (χ1n) is 11.3. The molecule has 0 aromatic heterocycles. The van der Waals surface area contributed by atoms with Gasteiger partial charge < -0.3 is 10.6 Å². The van der Waals surface area contributed by atoms with E-state index in [0.717, 1.165) is 31.2 Å². The normalized spacial score (nSPS) is 15.4. The molecule has 2 aromatic carbocycles. The molecular weight excluding hydrogens is 474 g/mol. The monoisotopic (exact) mass is 503 g/mol. The van der Waals surface area contributed by atoms with Gasteiger partial charge in [0.15, 0.2) is 0 Å². The lowest BCUT2D eigenvalue weighted by atomic mass is 10.1. The van der Waals surface area contributed by atoms with Gasteiger partial charge in [0.25, 0.3) is 0 Å². The third-order valence-electron chi connectivity index (χ3n) is 5.75. The van der Waals surface area contributed by atoms with Crippen LogP contribution in [0.5, 0.6) is 0 Å². The highest BCUT2D eigenvalue weighted by Gasteiger charge is 2.30. The zero-order valence-corrected chi connectivity index (χ0v) is 21.0. The molecule has 2 atom stereocenters. The van der Waals surface area contributed by atoms with Crippen molar-refractivity contribution in [1.29, 1.82) is 0 Å². The molecule has 1 aliphatic rings. The minimum absolute atomic E-state index is 0.108. The maximum atomic E-state index is 13.2. The van der Waals surface area contributed by atoms with Gasteiger partial charge in [0.1, 0.15) is 17.5 Å². The molecule has 0 aliphatic heterocycles. The Balaban J connectivity index is 1.66. The van der Waals surface area contributed by atoms with Crippen molar-refractivity contribution in [3.05, 3.63) is 59.1 Å². The molecule has 0 saturated heterocycles. The number of halogens is 1. The smallest absolute Gasteiger partial charge is 0.243 e. The third-order valence-corrected chi connectivity index (χ3v) is 7.16. The maximum Gasteiger partial charge on any atom is 0.243 e. The van der Waals surface area contributed by atoms with Crippen LogP contribution in [0.1, 0.15) is 38.2 Å². The highest BCUT2D eigenvalue weighted by Crippen LogP contribution is 2.22. The van der Waals surface area contributed by atoms with E-state index in [1.807, 2.05) is 19.1 Å². The first-order chi connectivity index (χ1) is 16.2. The number of benzene rings is 2. The van der Waals surface area contributed by atoms with Gasteiger partial charge in [-0.05, 0) is 63.1 Å². The van der Waals surface area contributed by atoms with Crippen molar-refractivity contribution in [2.75, 3.05) is 21.7 Å². The molecule has 34 heavy (non-hydrogen) atoms. The highest BCUT2D eigenvalue weighted by molar-refractivity contribution is 7.86. The lowest BCUT2D eigenvalue weighted by Crippen LogP contribution is -2.51. The van der Waals surface area contributed by atoms with Crippen LogP contribution in [0.3, 0.4) is 0 Å². The quantitative estimate of drug-likeness (QED) is 0.543. The van der Waals surface area contributed by atoms with E-state index in [4.69, 9.17) is 11.6 Å². The number of rotatable bonds is 9. The molecule has 1 aliphatic carbocycles. The van der Waals surface area contributed by atoms with Crippen LogP contribution in [0.25, 0.3) is 0 Å². The first-order valence-corrected chi connectivity index (χ1v) is 13.2. The number of carbonyl (C=O) groups is 3. The molecular formula is C25H30ClN3O4S.